The SMILES string of the molecule is Cn1ncc(C(=O)NC2CCC3CC4CC(C3)C2C4)c1N1CCC(CO)CC1. The van der Waals surface area contributed by atoms with Gasteiger partial charge >= 0.3 is 0 Å². The number of piperidine rings is 1. The molecule has 1 amide bonds. The maximum absolute atomic E-state index is 13.3. The van der Waals surface area contributed by atoms with Crippen LogP contribution in [-0.2, 0) is 7.05 Å². The quantitative estimate of drug-likeness (QED) is 0.834. The van der Waals surface area contributed by atoms with Crippen molar-refractivity contribution in [2.75, 3.05) is 24.6 Å². The molecule has 6 nitrogen and oxygen atoms in total. The standard InChI is InChI=1S/C22H34N4O2/c1-25-22(26-6-4-14(13-27)5-7-26)19(12-23-25)21(28)24-20-3-2-15-8-16-10-17(9-15)18(20)11-16/h12,14-18,20,27H,2-11,13H2,1H3,(H,24,28). The van der Waals surface area contributed by atoms with Gasteiger partial charge in [-0.3, -0.25) is 9.48 Å². The molecule has 28 heavy (non-hydrogen) atoms. The van der Waals surface area contributed by atoms with E-state index in [4.69, 9.17) is 0 Å². The largest absolute Gasteiger partial charge is 0.396 e. The van der Waals surface area contributed by atoms with E-state index in [1.54, 1.807) is 6.20 Å². The second-order valence-corrected chi connectivity index (χ2v) is 9.87. The molecule has 0 aromatic carbocycles. The number of aliphatic hydroxyl groups excluding tert-OH is 1. The number of nitrogens with one attached hydrogen (secondary N) is 1. The molecule has 1 aliphatic heterocycles. The van der Waals surface area contributed by atoms with Crippen LogP contribution in [0.15, 0.2) is 6.20 Å². The lowest BCUT2D eigenvalue weighted by Crippen LogP contribution is -2.42. The summed E-state index contributed by atoms with van der Waals surface area (Å²) in [5.74, 6) is 4.71. The van der Waals surface area contributed by atoms with Crippen LogP contribution in [0.25, 0.3) is 0 Å². The van der Waals surface area contributed by atoms with Crippen molar-refractivity contribution in [1.82, 2.24) is 15.1 Å². The highest BCUT2D eigenvalue weighted by Gasteiger charge is 2.46. The molecule has 5 rings (SSSR count). The van der Waals surface area contributed by atoms with Crippen LogP contribution in [0.3, 0.4) is 0 Å². The number of rotatable bonds is 4. The van der Waals surface area contributed by atoms with E-state index in [1.165, 1.54) is 32.1 Å². The molecule has 5 unspecified atom stereocenters. The van der Waals surface area contributed by atoms with Gasteiger partial charge in [0.25, 0.3) is 5.91 Å². The normalized spacial score (nSPS) is 35.2. The number of nitrogens with zero attached hydrogens (tertiary/aromatic N) is 3. The van der Waals surface area contributed by atoms with Crippen molar-refractivity contribution < 1.29 is 9.90 Å². The number of fused-ring (bicyclic) bond motifs is 2. The van der Waals surface area contributed by atoms with Crippen LogP contribution in [0.5, 0.6) is 0 Å². The van der Waals surface area contributed by atoms with Crippen LogP contribution in [0.1, 0.15) is 61.7 Å². The Morgan fingerprint density at radius 2 is 1.93 bits per heavy atom. The van der Waals surface area contributed by atoms with E-state index >= 15 is 0 Å². The summed E-state index contributed by atoms with van der Waals surface area (Å²) in [6.45, 7) is 2.02. The Kier molecular flexibility index (Phi) is 4.85. The van der Waals surface area contributed by atoms with Gasteiger partial charge in [-0.1, -0.05) is 0 Å². The zero-order valence-electron chi connectivity index (χ0n) is 17.0. The minimum atomic E-state index is 0.0543. The zero-order valence-corrected chi connectivity index (χ0v) is 17.0. The third-order valence-corrected chi connectivity index (χ3v) is 8.19. The van der Waals surface area contributed by atoms with Gasteiger partial charge in [0.1, 0.15) is 11.4 Å². The average Bonchev–Trinajstić information content (AvgIpc) is 3.20. The van der Waals surface area contributed by atoms with Crippen molar-refractivity contribution in [3.63, 3.8) is 0 Å². The summed E-state index contributed by atoms with van der Waals surface area (Å²) >= 11 is 0. The van der Waals surface area contributed by atoms with Gasteiger partial charge in [-0.25, -0.2) is 0 Å². The van der Waals surface area contributed by atoms with Crippen molar-refractivity contribution in [1.29, 1.82) is 0 Å². The second-order valence-electron chi connectivity index (χ2n) is 9.87. The number of anilines is 1. The van der Waals surface area contributed by atoms with Gasteiger partial charge in [-0.05, 0) is 81.0 Å². The Hall–Kier alpha value is -1.56. The molecule has 2 heterocycles. The Labute approximate surface area is 167 Å². The topological polar surface area (TPSA) is 70.4 Å². The van der Waals surface area contributed by atoms with Gasteiger partial charge in [0, 0.05) is 32.8 Å². The number of amides is 1. The number of hydrogen-bond donors (Lipinski definition) is 2. The fourth-order valence-corrected chi connectivity index (χ4v) is 6.81. The first-order valence-corrected chi connectivity index (χ1v) is 11.3. The summed E-state index contributed by atoms with van der Waals surface area (Å²) in [6, 6.07) is 0.334. The van der Waals surface area contributed by atoms with Crippen molar-refractivity contribution in [2.45, 2.75) is 57.4 Å². The van der Waals surface area contributed by atoms with E-state index in [0.29, 0.717) is 23.4 Å². The van der Waals surface area contributed by atoms with Crippen LogP contribution in [0, 0.1) is 29.6 Å². The fraction of sp³-hybridized carbons (Fsp3) is 0.818. The van der Waals surface area contributed by atoms with Gasteiger partial charge < -0.3 is 15.3 Å². The van der Waals surface area contributed by atoms with Gasteiger partial charge in [-0.15, -0.1) is 0 Å². The fourth-order valence-electron chi connectivity index (χ4n) is 6.81. The molecule has 1 aromatic heterocycles. The Bertz CT molecular complexity index is 724. The van der Waals surface area contributed by atoms with Crippen LogP contribution < -0.4 is 10.2 Å². The maximum Gasteiger partial charge on any atom is 0.256 e. The van der Waals surface area contributed by atoms with E-state index in [2.05, 4.69) is 15.3 Å². The van der Waals surface area contributed by atoms with Crippen molar-refractivity contribution in [2.24, 2.45) is 36.6 Å². The molecule has 1 aromatic rings. The van der Waals surface area contributed by atoms with Gasteiger partial charge in [0.2, 0.25) is 0 Å². The van der Waals surface area contributed by atoms with Crippen molar-refractivity contribution in [3.05, 3.63) is 11.8 Å². The van der Waals surface area contributed by atoms with E-state index in [1.807, 2.05) is 11.7 Å². The lowest BCUT2D eigenvalue weighted by molar-refractivity contribution is 0.0913. The third kappa shape index (κ3) is 3.23. The molecule has 154 valence electrons. The van der Waals surface area contributed by atoms with Crippen LogP contribution in [-0.4, -0.2) is 46.5 Å². The predicted molar refractivity (Wildman–Crippen MR) is 108 cm³/mol. The molecule has 2 N–H and O–H groups in total. The molecule has 4 fully saturated rings. The lowest BCUT2D eigenvalue weighted by Gasteiger charge is -2.33. The first-order valence-electron chi connectivity index (χ1n) is 11.3. The molecule has 5 atom stereocenters. The van der Waals surface area contributed by atoms with Gasteiger partial charge in [0.05, 0.1) is 6.20 Å². The number of carbonyl (C=O) groups is 1. The summed E-state index contributed by atoms with van der Waals surface area (Å²) < 4.78 is 1.84. The molecule has 3 bridgehead atoms. The second kappa shape index (κ2) is 7.36. The van der Waals surface area contributed by atoms with Crippen molar-refractivity contribution in [3.8, 4) is 0 Å². The highest BCUT2D eigenvalue weighted by molar-refractivity contribution is 5.99. The summed E-state index contributed by atoms with van der Waals surface area (Å²) in [5, 5.41) is 17.3. The molecule has 3 saturated carbocycles. The predicted octanol–water partition coefficient (Wildman–Crippen LogP) is 2.57. The van der Waals surface area contributed by atoms with E-state index in [9.17, 15) is 9.90 Å². The van der Waals surface area contributed by atoms with Crippen LogP contribution in [0.2, 0.25) is 0 Å². The number of aromatic nitrogens is 2. The molecule has 0 spiro atoms. The van der Waals surface area contributed by atoms with Gasteiger partial charge in [-0.2, -0.15) is 5.10 Å². The summed E-state index contributed by atoms with van der Waals surface area (Å²) in [7, 11) is 1.93. The summed E-state index contributed by atoms with van der Waals surface area (Å²) in [5.41, 5.74) is 0.717. The molecule has 1 saturated heterocycles. The molecule has 6 heteroatoms. The Morgan fingerprint density at radius 3 is 2.71 bits per heavy atom. The molecular formula is C22H34N4O2. The molecule has 3 aliphatic carbocycles. The Morgan fingerprint density at radius 1 is 1.14 bits per heavy atom. The highest BCUT2D eigenvalue weighted by atomic mass is 16.3. The number of carbonyl (C=O) groups excluding carboxylic acids is 1. The van der Waals surface area contributed by atoms with E-state index in [-0.39, 0.29) is 12.5 Å². The molecule has 0 radical (unpaired) electrons. The average molecular weight is 387 g/mol. The van der Waals surface area contributed by atoms with Crippen LogP contribution in [0.4, 0.5) is 5.82 Å². The van der Waals surface area contributed by atoms with Gasteiger partial charge in [0.15, 0.2) is 0 Å². The van der Waals surface area contributed by atoms with Crippen LogP contribution >= 0.6 is 0 Å². The monoisotopic (exact) mass is 386 g/mol. The number of hydrogen-bond acceptors (Lipinski definition) is 4. The summed E-state index contributed by atoms with van der Waals surface area (Å²) in [4.78, 5) is 15.5. The number of aryl methyl sites for hydroxylation is 1. The Balaban J connectivity index is 1.31. The lowest BCUT2D eigenvalue weighted by atomic mass is 9.80. The molecule has 4 aliphatic rings. The summed E-state index contributed by atoms with van der Waals surface area (Å²) in [6.07, 6.45) is 11.6. The minimum absolute atomic E-state index is 0.0543. The first-order chi connectivity index (χ1) is 13.6. The van der Waals surface area contributed by atoms with E-state index < -0.39 is 0 Å². The zero-order chi connectivity index (χ0) is 19.3. The molecular weight excluding hydrogens is 352 g/mol. The minimum Gasteiger partial charge on any atom is -0.396 e. The smallest absolute Gasteiger partial charge is 0.256 e. The first kappa shape index (κ1) is 18.5. The maximum atomic E-state index is 13.3. The van der Waals surface area contributed by atoms with Crippen molar-refractivity contribution >= 4 is 11.7 Å². The third-order valence-electron chi connectivity index (χ3n) is 8.19. The highest BCUT2D eigenvalue weighted by Crippen LogP contribution is 2.53. The number of aliphatic hydroxyl groups is 1. The van der Waals surface area contributed by atoms with E-state index in [0.717, 1.165) is 55.9 Å².